The first-order valence-electron chi connectivity index (χ1n) is 9.60. The quantitative estimate of drug-likeness (QED) is 0.859. The van der Waals surface area contributed by atoms with Crippen LogP contribution in [0.25, 0.3) is 0 Å². The molecule has 0 aromatic heterocycles. The normalized spacial score (nSPS) is 23.4. The zero-order valence-electron chi connectivity index (χ0n) is 15.1. The van der Waals surface area contributed by atoms with Crippen LogP contribution in [0.4, 0.5) is 10.5 Å². The minimum Gasteiger partial charge on any atom is -0.356 e. The molecule has 0 radical (unpaired) electrons. The van der Waals surface area contributed by atoms with E-state index in [0.717, 1.165) is 37.9 Å². The molecule has 2 atom stereocenters. The fourth-order valence-corrected chi connectivity index (χ4v) is 3.93. The van der Waals surface area contributed by atoms with Gasteiger partial charge in [-0.3, -0.25) is 4.79 Å². The molecule has 5 heteroatoms. The largest absolute Gasteiger partial charge is 0.356 e. The number of carbonyl (C=O) groups is 2. The maximum Gasteiger partial charge on any atom is 0.322 e. The van der Waals surface area contributed by atoms with Gasteiger partial charge in [0.25, 0.3) is 0 Å². The summed E-state index contributed by atoms with van der Waals surface area (Å²) in [7, 11) is 0. The molecule has 2 fully saturated rings. The number of likely N-dealkylation sites (tertiary alicyclic amines) is 1. The van der Waals surface area contributed by atoms with Gasteiger partial charge in [0.1, 0.15) is 0 Å². The van der Waals surface area contributed by atoms with E-state index < -0.39 is 0 Å². The fraction of sp³-hybridized carbons (Fsp3) is 0.600. The van der Waals surface area contributed by atoms with E-state index in [9.17, 15) is 9.59 Å². The molecule has 2 aliphatic rings. The van der Waals surface area contributed by atoms with Gasteiger partial charge in [0, 0.05) is 37.2 Å². The molecule has 25 heavy (non-hydrogen) atoms. The number of nitrogens with one attached hydrogen (secondary N) is 2. The molecule has 136 valence electrons. The van der Waals surface area contributed by atoms with Crippen LogP contribution in [0.2, 0.25) is 0 Å². The highest BCUT2D eigenvalue weighted by atomic mass is 16.2. The van der Waals surface area contributed by atoms with Crippen molar-refractivity contribution in [3.63, 3.8) is 0 Å². The van der Waals surface area contributed by atoms with E-state index in [1.807, 2.05) is 17.0 Å². The van der Waals surface area contributed by atoms with E-state index in [1.54, 1.807) is 0 Å². The molecule has 1 aromatic carbocycles. The Morgan fingerprint density at radius 3 is 2.76 bits per heavy atom. The van der Waals surface area contributed by atoms with Crippen LogP contribution in [0.1, 0.15) is 51.0 Å². The van der Waals surface area contributed by atoms with Crippen LogP contribution in [-0.2, 0) is 11.2 Å². The summed E-state index contributed by atoms with van der Waals surface area (Å²) in [6, 6.07) is 8.30. The minimum absolute atomic E-state index is 0.0367. The van der Waals surface area contributed by atoms with Crippen molar-refractivity contribution in [1.29, 1.82) is 0 Å². The first-order chi connectivity index (χ1) is 12.2. The zero-order valence-corrected chi connectivity index (χ0v) is 15.1. The second-order valence-corrected chi connectivity index (χ2v) is 7.26. The lowest BCUT2D eigenvalue weighted by atomic mass is 9.90. The molecule has 0 bridgehead atoms. The molecule has 5 nitrogen and oxygen atoms in total. The highest BCUT2D eigenvalue weighted by Crippen LogP contribution is 2.28. The average Bonchev–Trinajstić information content (AvgIpc) is 3.07. The Hall–Kier alpha value is -2.04. The van der Waals surface area contributed by atoms with E-state index in [0.29, 0.717) is 13.0 Å². The molecular weight excluding hydrogens is 314 g/mol. The van der Waals surface area contributed by atoms with Crippen LogP contribution in [0.5, 0.6) is 0 Å². The lowest BCUT2D eigenvalue weighted by Gasteiger charge is -2.38. The number of urea groups is 1. The van der Waals surface area contributed by atoms with Gasteiger partial charge >= 0.3 is 6.03 Å². The van der Waals surface area contributed by atoms with Gasteiger partial charge in [-0.25, -0.2) is 4.79 Å². The summed E-state index contributed by atoms with van der Waals surface area (Å²) < 4.78 is 0. The number of piperidine rings is 1. The molecule has 1 aromatic rings. The Labute approximate surface area is 150 Å². The molecule has 3 rings (SSSR count). The van der Waals surface area contributed by atoms with Crippen molar-refractivity contribution in [1.82, 2.24) is 10.2 Å². The third-order valence-corrected chi connectivity index (χ3v) is 5.39. The Morgan fingerprint density at radius 2 is 2.08 bits per heavy atom. The second kappa shape index (κ2) is 8.37. The maximum atomic E-state index is 12.8. The number of nitrogens with zero attached hydrogens (tertiary/aromatic N) is 1. The zero-order chi connectivity index (χ0) is 17.6. The van der Waals surface area contributed by atoms with Gasteiger partial charge < -0.3 is 15.5 Å². The molecule has 0 spiro atoms. The Balaban J connectivity index is 1.61. The summed E-state index contributed by atoms with van der Waals surface area (Å²) in [5.41, 5.74) is 2.15. The lowest BCUT2D eigenvalue weighted by molar-refractivity contribution is -0.119. The van der Waals surface area contributed by atoms with Gasteiger partial charge in [-0.2, -0.15) is 0 Å². The van der Waals surface area contributed by atoms with Crippen molar-refractivity contribution in [2.45, 2.75) is 57.9 Å². The summed E-state index contributed by atoms with van der Waals surface area (Å²) in [5.74, 6) is 0.355. The van der Waals surface area contributed by atoms with Crippen molar-refractivity contribution in [2.75, 3.05) is 18.4 Å². The van der Waals surface area contributed by atoms with Crippen molar-refractivity contribution < 1.29 is 9.59 Å². The number of amides is 3. The number of carbonyl (C=O) groups excluding carboxylic acids is 2. The average molecular weight is 343 g/mol. The topological polar surface area (TPSA) is 61.4 Å². The minimum atomic E-state index is -0.0367. The fourth-order valence-electron chi connectivity index (χ4n) is 3.93. The molecule has 2 aliphatic heterocycles. The number of rotatable bonds is 5. The molecular formula is C20H29N3O2. The lowest BCUT2D eigenvalue weighted by Crippen LogP contribution is -2.49. The van der Waals surface area contributed by atoms with E-state index in [2.05, 4.69) is 29.7 Å². The van der Waals surface area contributed by atoms with Crippen LogP contribution in [-0.4, -0.2) is 36.0 Å². The predicted molar refractivity (Wildman–Crippen MR) is 99.5 cm³/mol. The van der Waals surface area contributed by atoms with Crippen LogP contribution in [0.15, 0.2) is 24.3 Å². The van der Waals surface area contributed by atoms with Crippen LogP contribution < -0.4 is 10.6 Å². The van der Waals surface area contributed by atoms with Crippen LogP contribution in [0, 0.1) is 5.92 Å². The monoisotopic (exact) mass is 343 g/mol. The van der Waals surface area contributed by atoms with Crippen molar-refractivity contribution in [2.24, 2.45) is 5.92 Å². The standard InChI is InChI=1S/C20H29N3O2/c1-2-3-6-15-8-10-17(11-9-15)22-20(25)23-12-5-4-7-18(23)16-13-19(24)21-14-16/h8-11,16,18H,2-7,12-14H2,1H3,(H,21,24)(H,22,25). The Morgan fingerprint density at radius 1 is 1.28 bits per heavy atom. The van der Waals surface area contributed by atoms with E-state index in [1.165, 1.54) is 18.4 Å². The summed E-state index contributed by atoms with van der Waals surface area (Å²) in [6.07, 6.45) is 7.16. The molecule has 0 aliphatic carbocycles. The summed E-state index contributed by atoms with van der Waals surface area (Å²) in [5, 5.41) is 5.94. The van der Waals surface area contributed by atoms with Crippen molar-refractivity contribution >= 4 is 17.6 Å². The molecule has 2 unspecified atom stereocenters. The molecule has 2 N–H and O–H groups in total. The summed E-state index contributed by atoms with van der Waals surface area (Å²) >= 11 is 0. The first-order valence-corrected chi connectivity index (χ1v) is 9.60. The number of unbranched alkanes of at least 4 members (excludes halogenated alkanes) is 1. The number of anilines is 1. The van der Waals surface area contributed by atoms with Gasteiger partial charge in [0.2, 0.25) is 5.91 Å². The van der Waals surface area contributed by atoms with Gasteiger partial charge in [-0.1, -0.05) is 25.5 Å². The second-order valence-electron chi connectivity index (χ2n) is 7.26. The molecule has 0 saturated carbocycles. The SMILES string of the molecule is CCCCc1ccc(NC(=O)N2CCCCC2C2CNC(=O)C2)cc1. The Bertz CT molecular complexity index is 599. The number of aryl methyl sites for hydroxylation is 1. The van der Waals surface area contributed by atoms with E-state index >= 15 is 0 Å². The number of hydrogen-bond donors (Lipinski definition) is 2. The summed E-state index contributed by atoms with van der Waals surface area (Å²) in [4.78, 5) is 26.3. The molecule has 2 saturated heterocycles. The van der Waals surface area contributed by atoms with Gasteiger partial charge in [0.05, 0.1) is 0 Å². The smallest absolute Gasteiger partial charge is 0.322 e. The maximum absolute atomic E-state index is 12.8. The van der Waals surface area contributed by atoms with E-state index in [4.69, 9.17) is 0 Å². The summed E-state index contributed by atoms with van der Waals surface area (Å²) in [6.45, 7) is 3.66. The third-order valence-electron chi connectivity index (χ3n) is 5.39. The first kappa shape index (κ1) is 17.8. The van der Waals surface area contributed by atoms with Crippen molar-refractivity contribution in [3.8, 4) is 0 Å². The van der Waals surface area contributed by atoms with Crippen LogP contribution in [0.3, 0.4) is 0 Å². The van der Waals surface area contributed by atoms with Gasteiger partial charge in [0.15, 0.2) is 0 Å². The highest BCUT2D eigenvalue weighted by Gasteiger charge is 2.36. The number of hydrogen-bond acceptors (Lipinski definition) is 2. The van der Waals surface area contributed by atoms with Crippen LogP contribution >= 0.6 is 0 Å². The number of benzene rings is 1. The van der Waals surface area contributed by atoms with Crippen molar-refractivity contribution in [3.05, 3.63) is 29.8 Å². The van der Waals surface area contributed by atoms with E-state index in [-0.39, 0.29) is 23.9 Å². The van der Waals surface area contributed by atoms with Gasteiger partial charge in [-0.05, 0) is 49.8 Å². The molecule has 3 amide bonds. The predicted octanol–water partition coefficient (Wildman–Crippen LogP) is 3.55. The van der Waals surface area contributed by atoms with Gasteiger partial charge in [-0.15, -0.1) is 0 Å². The Kier molecular flexibility index (Phi) is 5.95. The third kappa shape index (κ3) is 4.53. The highest BCUT2D eigenvalue weighted by molar-refractivity contribution is 5.89. The molecule has 2 heterocycles.